The van der Waals surface area contributed by atoms with Crippen LogP contribution in [0.3, 0.4) is 0 Å². The molecule has 0 saturated heterocycles. The number of benzene rings is 1. The Kier molecular flexibility index (Phi) is 3.60. The van der Waals surface area contributed by atoms with Crippen molar-refractivity contribution in [2.75, 3.05) is 0 Å². The lowest BCUT2D eigenvalue weighted by atomic mass is 10.0. The number of nitrogens with zero attached hydrogens (tertiary/aromatic N) is 1. The smallest absolute Gasteiger partial charge is 0.354 e. The van der Waals surface area contributed by atoms with E-state index in [2.05, 4.69) is 10.2 Å². The van der Waals surface area contributed by atoms with Crippen molar-refractivity contribution >= 4 is 12.3 Å². The molecule has 1 aromatic heterocycles. The molecule has 1 heterocycles. The van der Waals surface area contributed by atoms with Gasteiger partial charge in [0.05, 0.1) is 11.1 Å². The van der Waals surface area contributed by atoms with Gasteiger partial charge in [0.25, 0.3) is 0 Å². The average Bonchev–Trinajstić information content (AvgIpc) is 2.81. The summed E-state index contributed by atoms with van der Waals surface area (Å²) in [6.07, 6.45) is 0.643. The van der Waals surface area contributed by atoms with E-state index in [1.54, 1.807) is 6.92 Å². The maximum absolute atomic E-state index is 14.0. The summed E-state index contributed by atoms with van der Waals surface area (Å²) in [7, 11) is 0. The van der Waals surface area contributed by atoms with Crippen LogP contribution in [-0.2, 0) is 6.42 Å². The van der Waals surface area contributed by atoms with Crippen molar-refractivity contribution in [2.24, 2.45) is 0 Å². The molecule has 2 N–H and O–H groups in total. The summed E-state index contributed by atoms with van der Waals surface area (Å²) in [5.41, 5.74) is -1.32. The third kappa shape index (κ3) is 2.18. The lowest BCUT2D eigenvalue weighted by molar-refractivity contribution is 0.0687. The summed E-state index contributed by atoms with van der Waals surface area (Å²) >= 11 is 0. The molecule has 0 amide bonds. The summed E-state index contributed by atoms with van der Waals surface area (Å²) in [6, 6.07) is 2.25. The minimum absolute atomic E-state index is 0.203. The van der Waals surface area contributed by atoms with E-state index in [4.69, 9.17) is 5.11 Å². The Bertz CT molecular complexity index is 672. The van der Waals surface area contributed by atoms with Gasteiger partial charge in [-0.3, -0.25) is 9.89 Å². The molecule has 0 aliphatic carbocycles. The number of H-pyrrole nitrogens is 1. The number of carboxylic acids is 1. The summed E-state index contributed by atoms with van der Waals surface area (Å²) in [5.74, 6) is -3.22. The Hall–Kier alpha value is -2.57. The van der Waals surface area contributed by atoms with E-state index in [1.807, 2.05) is 0 Å². The first-order chi connectivity index (χ1) is 9.49. The van der Waals surface area contributed by atoms with E-state index in [9.17, 15) is 18.4 Å². The summed E-state index contributed by atoms with van der Waals surface area (Å²) in [5, 5.41) is 14.5. The highest BCUT2D eigenvalue weighted by molar-refractivity contribution is 5.99. The molecule has 0 unspecified atom stereocenters. The molecule has 2 aromatic rings. The van der Waals surface area contributed by atoms with Crippen LogP contribution >= 0.6 is 0 Å². The molecule has 0 aliphatic rings. The van der Waals surface area contributed by atoms with Gasteiger partial charge in [-0.1, -0.05) is 6.92 Å². The van der Waals surface area contributed by atoms with Crippen LogP contribution in [0, 0.1) is 11.6 Å². The Morgan fingerprint density at radius 3 is 2.45 bits per heavy atom. The van der Waals surface area contributed by atoms with Gasteiger partial charge in [-0.15, -0.1) is 0 Å². The molecule has 0 bridgehead atoms. The first-order valence-electron chi connectivity index (χ1n) is 5.74. The largest absolute Gasteiger partial charge is 0.477 e. The number of carbonyl (C=O) groups excluding carboxylic acids is 1. The van der Waals surface area contributed by atoms with Crippen LogP contribution in [0.5, 0.6) is 0 Å². The molecule has 20 heavy (non-hydrogen) atoms. The van der Waals surface area contributed by atoms with Crippen molar-refractivity contribution in [2.45, 2.75) is 13.3 Å². The van der Waals surface area contributed by atoms with E-state index in [0.29, 0.717) is 12.0 Å². The van der Waals surface area contributed by atoms with Crippen molar-refractivity contribution < 1.29 is 23.5 Å². The number of aromatic nitrogens is 2. The van der Waals surface area contributed by atoms with Crippen molar-refractivity contribution in [3.63, 3.8) is 0 Å². The average molecular weight is 280 g/mol. The molecular formula is C13H10F2N2O3. The fourth-order valence-corrected chi connectivity index (χ4v) is 1.87. The number of aromatic carboxylic acids is 1. The number of rotatable bonds is 4. The molecule has 1 aromatic carbocycles. The highest BCUT2D eigenvalue weighted by Crippen LogP contribution is 2.29. The van der Waals surface area contributed by atoms with Crippen LogP contribution < -0.4 is 0 Å². The molecular weight excluding hydrogens is 270 g/mol. The zero-order chi connectivity index (χ0) is 14.9. The molecule has 7 heteroatoms. The zero-order valence-corrected chi connectivity index (χ0v) is 10.4. The molecule has 2 rings (SSSR count). The molecule has 104 valence electrons. The van der Waals surface area contributed by atoms with Gasteiger partial charge in [0, 0.05) is 0 Å². The first kappa shape index (κ1) is 13.9. The number of carboxylic acid groups (broad SMARTS) is 1. The highest BCUT2D eigenvalue weighted by Gasteiger charge is 2.24. The number of hydrogen-bond donors (Lipinski definition) is 2. The fraction of sp³-hybridized carbons (Fsp3) is 0.154. The number of aldehydes is 1. The first-order valence-corrected chi connectivity index (χ1v) is 5.74. The molecule has 0 atom stereocenters. The Morgan fingerprint density at radius 1 is 1.40 bits per heavy atom. The standard InChI is InChI=1S/C13H10F2N2O3/c1-2-6-3-8(14)10(9(15)4-6)11-7(5-18)12(13(19)20)17-16-11/h3-5H,2H2,1H3,(H,16,17)(H,19,20). The molecule has 0 radical (unpaired) electrons. The fourth-order valence-electron chi connectivity index (χ4n) is 1.87. The maximum atomic E-state index is 14.0. The second kappa shape index (κ2) is 5.20. The van der Waals surface area contributed by atoms with E-state index in [1.165, 1.54) is 0 Å². The van der Waals surface area contributed by atoms with Gasteiger partial charge >= 0.3 is 5.97 Å². The summed E-state index contributed by atoms with van der Waals surface area (Å²) in [6.45, 7) is 1.74. The third-order valence-electron chi connectivity index (χ3n) is 2.88. The van der Waals surface area contributed by atoms with Crippen LogP contribution in [0.25, 0.3) is 11.3 Å². The van der Waals surface area contributed by atoms with Gasteiger partial charge < -0.3 is 5.11 Å². The number of nitrogens with one attached hydrogen (secondary N) is 1. The Labute approximate surface area is 112 Å². The van der Waals surface area contributed by atoms with Crippen LogP contribution in [0.4, 0.5) is 8.78 Å². The third-order valence-corrected chi connectivity index (χ3v) is 2.88. The topological polar surface area (TPSA) is 83.1 Å². The number of aromatic amines is 1. The zero-order valence-electron chi connectivity index (χ0n) is 10.4. The number of aryl methyl sites for hydroxylation is 1. The minimum atomic E-state index is -1.43. The van der Waals surface area contributed by atoms with Gasteiger partial charge in [0.15, 0.2) is 12.0 Å². The van der Waals surface area contributed by atoms with E-state index in [-0.39, 0.29) is 17.5 Å². The van der Waals surface area contributed by atoms with E-state index in [0.717, 1.165) is 12.1 Å². The molecule has 0 spiro atoms. The van der Waals surface area contributed by atoms with Gasteiger partial charge in [0.1, 0.15) is 17.3 Å². The van der Waals surface area contributed by atoms with Crippen LogP contribution in [0.2, 0.25) is 0 Å². The van der Waals surface area contributed by atoms with Gasteiger partial charge in [-0.05, 0) is 24.1 Å². The normalized spacial score (nSPS) is 10.6. The molecule has 0 aliphatic heterocycles. The van der Waals surface area contributed by atoms with Crippen LogP contribution in [0.1, 0.15) is 33.3 Å². The predicted octanol–water partition coefficient (Wildman–Crippen LogP) is 2.43. The van der Waals surface area contributed by atoms with Gasteiger partial charge in [0.2, 0.25) is 0 Å². The molecule has 0 fully saturated rings. The quantitative estimate of drug-likeness (QED) is 0.842. The number of hydrogen-bond acceptors (Lipinski definition) is 3. The Balaban J connectivity index is 2.69. The second-order valence-corrected chi connectivity index (χ2v) is 4.07. The lowest BCUT2D eigenvalue weighted by Gasteiger charge is -2.05. The minimum Gasteiger partial charge on any atom is -0.477 e. The van der Waals surface area contributed by atoms with E-state index < -0.39 is 28.9 Å². The van der Waals surface area contributed by atoms with Crippen LogP contribution in [-0.4, -0.2) is 27.6 Å². The van der Waals surface area contributed by atoms with Crippen LogP contribution in [0.15, 0.2) is 12.1 Å². The maximum Gasteiger partial charge on any atom is 0.354 e. The monoisotopic (exact) mass is 280 g/mol. The second-order valence-electron chi connectivity index (χ2n) is 4.07. The Morgan fingerprint density at radius 2 is 2.00 bits per heavy atom. The van der Waals surface area contributed by atoms with Crippen molar-refractivity contribution in [1.29, 1.82) is 0 Å². The van der Waals surface area contributed by atoms with Gasteiger partial charge in [-0.25, -0.2) is 13.6 Å². The van der Waals surface area contributed by atoms with Crippen molar-refractivity contribution in [3.05, 3.63) is 40.6 Å². The SMILES string of the molecule is CCc1cc(F)c(-c2n[nH]c(C(=O)O)c2C=O)c(F)c1. The van der Waals surface area contributed by atoms with Crippen molar-refractivity contribution in [3.8, 4) is 11.3 Å². The van der Waals surface area contributed by atoms with Crippen molar-refractivity contribution in [1.82, 2.24) is 10.2 Å². The summed E-state index contributed by atoms with van der Waals surface area (Å²) in [4.78, 5) is 21.8. The number of halogens is 2. The summed E-state index contributed by atoms with van der Waals surface area (Å²) < 4.78 is 27.9. The van der Waals surface area contributed by atoms with E-state index >= 15 is 0 Å². The lowest BCUT2D eigenvalue weighted by Crippen LogP contribution is -2.01. The van der Waals surface area contributed by atoms with Gasteiger partial charge in [-0.2, -0.15) is 5.10 Å². The highest BCUT2D eigenvalue weighted by atomic mass is 19.1. The molecule has 5 nitrogen and oxygen atoms in total. The number of carbonyl (C=O) groups is 2. The molecule has 0 saturated carbocycles. The predicted molar refractivity (Wildman–Crippen MR) is 65.7 cm³/mol.